The summed E-state index contributed by atoms with van der Waals surface area (Å²) in [4.78, 5) is 19.5. The number of hydrogen-bond donors (Lipinski definition) is 0. The van der Waals surface area contributed by atoms with Crippen LogP contribution in [0.2, 0.25) is 5.15 Å². The van der Waals surface area contributed by atoms with Crippen LogP contribution in [0.4, 0.5) is 11.5 Å². The zero-order valence-corrected chi connectivity index (χ0v) is 10.5. The van der Waals surface area contributed by atoms with E-state index in [4.69, 9.17) is 16.3 Å². The molecule has 0 saturated heterocycles. The zero-order valence-electron chi connectivity index (χ0n) is 9.75. The quantitative estimate of drug-likeness (QED) is 0.453. The number of methoxy groups -OCH3 is 1. The summed E-state index contributed by atoms with van der Waals surface area (Å²) >= 11 is 5.70. The Morgan fingerprint density at radius 3 is 2.82 bits per heavy atom. The van der Waals surface area contributed by atoms with Gasteiger partial charge in [0.15, 0.2) is 0 Å². The van der Waals surface area contributed by atoms with E-state index in [0.717, 1.165) is 0 Å². The SMILES string of the molecule is COCC(C)N(C)c1ncnc(Cl)c1[N+](=O)[O-]. The van der Waals surface area contributed by atoms with Gasteiger partial charge in [-0.05, 0) is 6.92 Å². The van der Waals surface area contributed by atoms with E-state index in [1.807, 2.05) is 6.92 Å². The number of aromatic nitrogens is 2. The summed E-state index contributed by atoms with van der Waals surface area (Å²) in [5, 5.41) is 10.7. The van der Waals surface area contributed by atoms with Crippen LogP contribution in [0.5, 0.6) is 0 Å². The largest absolute Gasteiger partial charge is 0.383 e. The highest BCUT2D eigenvalue weighted by Crippen LogP contribution is 2.31. The van der Waals surface area contributed by atoms with Crippen LogP contribution in [0.15, 0.2) is 6.33 Å². The van der Waals surface area contributed by atoms with E-state index in [1.54, 1.807) is 19.1 Å². The molecule has 0 N–H and O–H groups in total. The lowest BCUT2D eigenvalue weighted by atomic mass is 10.3. The highest BCUT2D eigenvalue weighted by Gasteiger charge is 2.26. The molecule has 1 unspecified atom stereocenters. The van der Waals surface area contributed by atoms with Gasteiger partial charge in [-0.25, -0.2) is 9.97 Å². The molecule has 17 heavy (non-hydrogen) atoms. The second kappa shape index (κ2) is 5.74. The Morgan fingerprint density at radius 2 is 2.29 bits per heavy atom. The molecule has 0 saturated carbocycles. The summed E-state index contributed by atoms with van der Waals surface area (Å²) in [5.41, 5.74) is -0.292. The maximum atomic E-state index is 10.9. The summed E-state index contributed by atoms with van der Waals surface area (Å²) in [5.74, 6) is 0.180. The molecule has 0 aliphatic carbocycles. The van der Waals surface area contributed by atoms with Crippen LogP contribution in [0, 0.1) is 10.1 Å². The van der Waals surface area contributed by atoms with Gasteiger partial charge in [-0.3, -0.25) is 10.1 Å². The molecule has 0 spiro atoms. The van der Waals surface area contributed by atoms with Gasteiger partial charge in [-0.15, -0.1) is 0 Å². The first-order valence-electron chi connectivity index (χ1n) is 4.85. The fourth-order valence-corrected chi connectivity index (χ4v) is 1.52. The Labute approximate surface area is 104 Å². The lowest BCUT2D eigenvalue weighted by Crippen LogP contribution is -2.33. The molecule has 0 amide bonds. The maximum Gasteiger partial charge on any atom is 0.348 e. The third-order valence-corrected chi connectivity index (χ3v) is 2.62. The first kappa shape index (κ1) is 13.6. The van der Waals surface area contributed by atoms with Crippen molar-refractivity contribution < 1.29 is 9.66 Å². The van der Waals surface area contributed by atoms with Gasteiger partial charge in [0.25, 0.3) is 0 Å². The molecule has 0 radical (unpaired) electrons. The molecule has 0 bridgehead atoms. The third-order valence-electron chi connectivity index (χ3n) is 2.34. The standard InChI is InChI=1S/C9H13ClN4O3/c1-6(4-17-3)13(2)9-7(14(15)16)8(10)11-5-12-9/h5-6H,4H2,1-3H3. The normalized spacial score (nSPS) is 12.2. The van der Waals surface area contributed by atoms with Crippen LogP contribution >= 0.6 is 11.6 Å². The number of rotatable bonds is 5. The van der Waals surface area contributed by atoms with Gasteiger partial charge in [-0.2, -0.15) is 0 Å². The summed E-state index contributed by atoms with van der Waals surface area (Å²) in [7, 11) is 3.25. The predicted molar refractivity (Wildman–Crippen MR) is 63.4 cm³/mol. The minimum absolute atomic E-state index is 0.0651. The minimum Gasteiger partial charge on any atom is -0.383 e. The van der Waals surface area contributed by atoms with E-state index >= 15 is 0 Å². The Kier molecular flexibility index (Phi) is 4.59. The monoisotopic (exact) mass is 260 g/mol. The summed E-state index contributed by atoms with van der Waals surface area (Å²) in [6, 6.07) is -0.0651. The second-order valence-corrected chi connectivity index (χ2v) is 3.87. The maximum absolute atomic E-state index is 10.9. The van der Waals surface area contributed by atoms with Crippen molar-refractivity contribution in [1.82, 2.24) is 9.97 Å². The van der Waals surface area contributed by atoms with Crippen LogP contribution in [0.3, 0.4) is 0 Å². The van der Waals surface area contributed by atoms with Crippen molar-refractivity contribution in [1.29, 1.82) is 0 Å². The van der Waals surface area contributed by atoms with Crippen molar-refractivity contribution in [3.8, 4) is 0 Å². The van der Waals surface area contributed by atoms with Crippen molar-refractivity contribution >= 4 is 23.1 Å². The Bertz CT molecular complexity index is 415. The van der Waals surface area contributed by atoms with Gasteiger partial charge in [0.05, 0.1) is 17.6 Å². The lowest BCUT2D eigenvalue weighted by Gasteiger charge is -2.24. The van der Waals surface area contributed by atoms with Gasteiger partial charge in [-0.1, -0.05) is 11.6 Å². The minimum atomic E-state index is -0.590. The molecule has 1 heterocycles. The highest BCUT2D eigenvalue weighted by molar-refractivity contribution is 6.31. The van der Waals surface area contributed by atoms with Crippen molar-refractivity contribution in [2.45, 2.75) is 13.0 Å². The molecule has 94 valence electrons. The molecule has 1 aromatic heterocycles. The van der Waals surface area contributed by atoms with Gasteiger partial charge in [0, 0.05) is 14.2 Å². The van der Waals surface area contributed by atoms with Crippen LogP contribution in [-0.4, -0.2) is 41.7 Å². The molecule has 0 aromatic carbocycles. The van der Waals surface area contributed by atoms with Crippen LogP contribution in [0.1, 0.15) is 6.92 Å². The first-order chi connectivity index (χ1) is 7.99. The Hall–Kier alpha value is -1.47. The zero-order chi connectivity index (χ0) is 13.0. The molecule has 0 aliphatic heterocycles. The van der Waals surface area contributed by atoms with Crippen molar-refractivity contribution in [2.75, 3.05) is 25.7 Å². The average molecular weight is 261 g/mol. The average Bonchev–Trinajstić information content (AvgIpc) is 2.27. The van der Waals surface area contributed by atoms with E-state index in [2.05, 4.69) is 9.97 Å². The fourth-order valence-electron chi connectivity index (χ4n) is 1.33. The molecule has 1 atom stereocenters. The van der Waals surface area contributed by atoms with Crippen molar-refractivity contribution in [3.05, 3.63) is 21.6 Å². The molecule has 1 aromatic rings. The van der Waals surface area contributed by atoms with Crippen LogP contribution in [0.25, 0.3) is 0 Å². The highest BCUT2D eigenvalue weighted by atomic mass is 35.5. The van der Waals surface area contributed by atoms with E-state index in [0.29, 0.717) is 6.61 Å². The lowest BCUT2D eigenvalue weighted by molar-refractivity contribution is -0.384. The molecule has 0 aliphatic rings. The molecule has 8 heteroatoms. The molecule has 1 rings (SSSR count). The molecule has 7 nitrogen and oxygen atoms in total. The molecular weight excluding hydrogens is 248 g/mol. The van der Waals surface area contributed by atoms with Crippen LogP contribution < -0.4 is 4.90 Å². The summed E-state index contributed by atoms with van der Waals surface area (Å²) < 4.78 is 4.99. The smallest absolute Gasteiger partial charge is 0.348 e. The summed E-state index contributed by atoms with van der Waals surface area (Å²) in [6.45, 7) is 2.29. The van der Waals surface area contributed by atoms with Crippen LogP contribution in [-0.2, 0) is 4.74 Å². The van der Waals surface area contributed by atoms with E-state index in [-0.39, 0.29) is 22.7 Å². The Morgan fingerprint density at radius 1 is 1.65 bits per heavy atom. The molecular formula is C9H13ClN4O3. The van der Waals surface area contributed by atoms with Gasteiger partial charge < -0.3 is 9.64 Å². The third kappa shape index (κ3) is 3.01. The predicted octanol–water partition coefficient (Wildman–Crippen LogP) is 1.51. The van der Waals surface area contributed by atoms with Crippen molar-refractivity contribution in [2.24, 2.45) is 0 Å². The van der Waals surface area contributed by atoms with E-state index < -0.39 is 4.92 Å². The topological polar surface area (TPSA) is 81.4 Å². The number of nitrogens with zero attached hydrogens (tertiary/aromatic N) is 4. The number of anilines is 1. The first-order valence-corrected chi connectivity index (χ1v) is 5.23. The number of halogens is 1. The van der Waals surface area contributed by atoms with E-state index in [9.17, 15) is 10.1 Å². The second-order valence-electron chi connectivity index (χ2n) is 3.51. The Balaban J connectivity index is 3.13. The summed E-state index contributed by atoms with van der Waals surface area (Å²) in [6.07, 6.45) is 1.20. The van der Waals surface area contributed by atoms with Gasteiger partial charge in [0.1, 0.15) is 6.33 Å². The van der Waals surface area contributed by atoms with Crippen molar-refractivity contribution in [3.63, 3.8) is 0 Å². The number of likely N-dealkylation sites (N-methyl/N-ethyl adjacent to an activating group) is 1. The van der Waals surface area contributed by atoms with Gasteiger partial charge >= 0.3 is 5.69 Å². The molecule has 0 fully saturated rings. The van der Waals surface area contributed by atoms with Gasteiger partial charge in [0.2, 0.25) is 11.0 Å². The number of ether oxygens (including phenoxy) is 1. The number of hydrogen-bond acceptors (Lipinski definition) is 6. The fraction of sp³-hybridized carbons (Fsp3) is 0.556. The van der Waals surface area contributed by atoms with E-state index in [1.165, 1.54) is 6.33 Å². The number of nitro groups is 1.